The molecular weight excluding hydrogens is 342 g/mol. The number of rotatable bonds is 6. The summed E-state index contributed by atoms with van der Waals surface area (Å²) in [5.74, 6) is 1.55. The van der Waals surface area contributed by atoms with Gasteiger partial charge in [-0.1, -0.05) is 17.3 Å². The van der Waals surface area contributed by atoms with Gasteiger partial charge in [0.1, 0.15) is 5.75 Å². The van der Waals surface area contributed by atoms with Crippen molar-refractivity contribution in [3.8, 4) is 17.1 Å². The summed E-state index contributed by atoms with van der Waals surface area (Å²) in [5.41, 5.74) is 1.49. The van der Waals surface area contributed by atoms with Gasteiger partial charge in [-0.3, -0.25) is 0 Å². The van der Waals surface area contributed by atoms with Crippen LogP contribution >= 0.6 is 0 Å². The van der Waals surface area contributed by atoms with Crippen molar-refractivity contribution < 1.29 is 17.7 Å². The molecule has 0 saturated heterocycles. The van der Waals surface area contributed by atoms with E-state index in [0.29, 0.717) is 23.0 Å². The summed E-state index contributed by atoms with van der Waals surface area (Å²) >= 11 is 0. The Balaban J connectivity index is 1.73. The first kappa shape index (κ1) is 17.1. The molecule has 0 aliphatic rings. The highest BCUT2D eigenvalue weighted by Crippen LogP contribution is 2.19. The van der Waals surface area contributed by atoms with E-state index >= 15 is 0 Å². The lowest BCUT2D eigenvalue weighted by Gasteiger charge is -2.08. The topological polar surface area (TPSA) is 94.3 Å². The van der Waals surface area contributed by atoms with Crippen molar-refractivity contribution in [2.24, 2.45) is 0 Å². The minimum atomic E-state index is -3.63. The molecule has 7 nitrogen and oxygen atoms in total. The Morgan fingerprint density at radius 3 is 2.56 bits per heavy atom. The molecule has 0 saturated carbocycles. The Morgan fingerprint density at radius 1 is 1.16 bits per heavy atom. The third-order valence-electron chi connectivity index (χ3n) is 3.55. The van der Waals surface area contributed by atoms with Crippen molar-refractivity contribution >= 4 is 10.0 Å². The molecule has 0 unspecified atom stereocenters. The predicted molar refractivity (Wildman–Crippen MR) is 91.5 cm³/mol. The second kappa shape index (κ2) is 7.04. The molecule has 2 aromatic carbocycles. The van der Waals surface area contributed by atoms with Gasteiger partial charge < -0.3 is 9.26 Å². The number of sulfonamides is 1. The molecule has 3 rings (SSSR count). The maximum Gasteiger partial charge on any atom is 0.240 e. The molecule has 1 N–H and O–H groups in total. The zero-order chi connectivity index (χ0) is 17.9. The van der Waals surface area contributed by atoms with Gasteiger partial charge in [0.2, 0.25) is 21.7 Å². The average molecular weight is 359 g/mol. The molecule has 0 fully saturated rings. The van der Waals surface area contributed by atoms with Gasteiger partial charge in [-0.25, -0.2) is 13.1 Å². The summed E-state index contributed by atoms with van der Waals surface area (Å²) in [6.07, 6.45) is 0. The highest BCUT2D eigenvalue weighted by Gasteiger charge is 2.15. The van der Waals surface area contributed by atoms with Crippen LogP contribution in [-0.2, 0) is 16.6 Å². The fraction of sp³-hybridized carbons (Fsp3) is 0.176. The van der Waals surface area contributed by atoms with Crippen LogP contribution in [0.4, 0.5) is 0 Å². The summed E-state index contributed by atoms with van der Waals surface area (Å²) in [5, 5.41) is 3.81. The van der Waals surface area contributed by atoms with Gasteiger partial charge in [-0.05, 0) is 42.0 Å². The maximum atomic E-state index is 12.4. The molecule has 3 aromatic rings. The van der Waals surface area contributed by atoms with Crippen LogP contribution in [0.15, 0.2) is 57.9 Å². The van der Waals surface area contributed by atoms with Crippen molar-refractivity contribution in [3.63, 3.8) is 0 Å². The molecule has 130 valence electrons. The van der Waals surface area contributed by atoms with Crippen LogP contribution in [0.1, 0.15) is 11.5 Å². The Morgan fingerprint density at radius 2 is 1.92 bits per heavy atom. The zero-order valence-electron chi connectivity index (χ0n) is 13.8. The van der Waals surface area contributed by atoms with Gasteiger partial charge >= 0.3 is 0 Å². The van der Waals surface area contributed by atoms with E-state index in [0.717, 1.165) is 5.56 Å². The molecule has 0 radical (unpaired) electrons. The molecule has 25 heavy (non-hydrogen) atoms. The number of methoxy groups -OCH3 is 1. The molecule has 0 amide bonds. The lowest BCUT2D eigenvalue weighted by atomic mass is 10.2. The lowest BCUT2D eigenvalue weighted by Crippen LogP contribution is -2.23. The third kappa shape index (κ3) is 4.04. The highest BCUT2D eigenvalue weighted by atomic mass is 32.2. The van der Waals surface area contributed by atoms with Crippen LogP contribution in [0.25, 0.3) is 11.4 Å². The molecule has 0 aliphatic heterocycles. The van der Waals surface area contributed by atoms with E-state index < -0.39 is 10.0 Å². The Bertz CT molecular complexity index is 966. The number of aromatic nitrogens is 2. The summed E-state index contributed by atoms with van der Waals surface area (Å²) in [6.45, 7) is 1.86. The minimum absolute atomic E-state index is 0.166. The first-order valence-corrected chi connectivity index (χ1v) is 8.99. The second-order valence-corrected chi connectivity index (χ2v) is 7.10. The number of ether oxygens (including phenoxy) is 1. The Kier molecular flexibility index (Phi) is 4.82. The van der Waals surface area contributed by atoms with Gasteiger partial charge in [0, 0.05) is 19.0 Å². The summed E-state index contributed by atoms with van der Waals surface area (Å²) in [4.78, 5) is 4.28. The summed E-state index contributed by atoms with van der Waals surface area (Å²) in [6, 6.07) is 13.5. The normalized spacial score (nSPS) is 11.4. The van der Waals surface area contributed by atoms with E-state index in [9.17, 15) is 8.42 Å². The predicted octanol–water partition coefficient (Wildman–Crippen LogP) is 2.53. The maximum absolute atomic E-state index is 12.4. The highest BCUT2D eigenvalue weighted by molar-refractivity contribution is 7.89. The Hall–Kier alpha value is -2.71. The van der Waals surface area contributed by atoms with E-state index in [1.165, 1.54) is 12.1 Å². The van der Waals surface area contributed by atoms with Crippen LogP contribution in [-0.4, -0.2) is 25.7 Å². The number of hydrogen-bond donors (Lipinski definition) is 1. The van der Waals surface area contributed by atoms with E-state index in [2.05, 4.69) is 14.9 Å². The number of hydrogen-bond acceptors (Lipinski definition) is 6. The van der Waals surface area contributed by atoms with Crippen molar-refractivity contribution in [2.45, 2.75) is 18.4 Å². The molecule has 1 heterocycles. The van der Waals surface area contributed by atoms with Gasteiger partial charge in [0.25, 0.3) is 0 Å². The quantitative estimate of drug-likeness (QED) is 0.727. The van der Waals surface area contributed by atoms with Crippen molar-refractivity contribution in [1.82, 2.24) is 14.9 Å². The molecular formula is C17H17N3O4S. The largest absolute Gasteiger partial charge is 0.497 e. The smallest absolute Gasteiger partial charge is 0.240 e. The van der Waals surface area contributed by atoms with Gasteiger partial charge in [0.05, 0.1) is 12.0 Å². The number of benzene rings is 2. The van der Waals surface area contributed by atoms with Crippen LogP contribution in [0.3, 0.4) is 0 Å². The second-order valence-electron chi connectivity index (χ2n) is 5.34. The minimum Gasteiger partial charge on any atom is -0.497 e. The third-order valence-corrected chi connectivity index (χ3v) is 4.97. The molecule has 0 atom stereocenters. The standard InChI is InChI=1S/C17H17N3O4S/c1-12-19-17(20-24-12)14-6-8-16(9-7-14)25(21,22)18-11-13-4-3-5-15(10-13)23-2/h3-10,18H,11H2,1-2H3. The fourth-order valence-corrected chi connectivity index (χ4v) is 3.26. The van der Waals surface area contributed by atoms with Gasteiger partial charge in [-0.2, -0.15) is 4.98 Å². The zero-order valence-corrected chi connectivity index (χ0v) is 14.6. The first-order valence-electron chi connectivity index (χ1n) is 7.51. The van der Waals surface area contributed by atoms with E-state index in [1.54, 1.807) is 38.3 Å². The SMILES string of the molecule is COc1cccc(CNS(=O)(=O)c2ccc(-c3noc(C)n3)cc2)c1. The first-order chi connectivity index (χ1) is 12.0. The summed E-state index contributed by atoms with van der Waals surface area (Å²) < 4.78 is 37.5. The fourth-order valence-electron chi connectivity index (χ4n) is 2.24. The summed E-state index contributed by atoms with van der Waals surface area (Å²) in [7, 11) is -2.06. The molecule has 0 spiro atoms. The number of aryl methyl sites for hydroxylation is 1. The Labute approximate surface area is 145 Å². The number of nitrogens with zero attached hydrogens (tertiary/aromatic N) is 2. The molecule has 0 aliphatic carbocycles. The van der Waals surface area contributed by atoms with E-state index in [-0.39, 0.29) is 11.4 Å². The molecule has 1 aromatic heterocycles. The van der Waals surface area contributed by atoms with Gasteiger partial charge in [0.15, 0.2) is 0 Å². The van der Waals surface area contributed by atoms with Crippen LogP contribution in [0, 0.1) is 6.92 Å². The monoisotopic (exact) mass is 359 g/mol. The van der Waals surface area contributed by atoms with Crippen molar-refractivity contribution in [2.75, 3.05) is 7.11 Å². The van der Waals surface area contributed by atoms with Crippen LogP contribution in [0.2, 0.25) is 0 Å². The van der Waals surface area contributed by atoms with Crippen molar-refractivity contribution in [1.29, 1.82) is 0 Å². The number of nitrogens with one attached hydrogen (secondary N) is 1. The molecule has 8 heteroatoms. The lowest BCUT2D eigenvalue weighted by molar-refractivity contribution is 0.394. The average Bonchev–Trinajstić information content (AvgIpc) is 3.07. The van der Waals surface area contributed by atoms with Crippen molar-refractivity contribution in [3.05, 3.63) is 60.0 Å². The van der Waals surface area contributed by atoms with Crippen LogP contribution < -0.4 is 9.46 Å². The van der Waals surface area contributed by atoms with E-state index in [4.69, 9.17) is 9.26 Å². The van der Waals surface area contributed by atoms with Gasteiger partial charge in [-0.15, -0.1) is 0 Å². The molecule has 0 bridgehead atoms. The van der Waals surface area contributed by atoms with E-state index in [1.807, 2.05) is 12.1 Å². The van der Waals surface area contributed by atoms with Crippen LogP contribution in [0.5, 0.6) is 5.75 Å².